The first-order valence-corrected chi connectivity index (χ1v) is 8.30. The van der Waals surface area contributed by atoms with Crippen LogP contribution in [0.1, 0.15) is 18.1 Å². The summed E-state index contributed by atoms with van der Waals surface area (Å²) in [5, 5.41) is 0.334. The summed E-state index contributed by atoms with van der Waals surface area (Å²) in [6.07, 6.45) is 0.591. The lowest BCUT2D eigenvalue weighted by molar-refractivity contribution is 0.170. The number of hydrogen-bond donors (Lipinski definition) is 0. The second kappa shape index (κ2) is 5.15. The third-order valence-corrected chi connectivity index (χ3v) is 3.96. The fourth-order valence-electron chi connectivity index (χ4n) is 1.96. The van der Waals surface area contributed by atoms with Gasteiger partial charge >= 0.3 is 0 Å². The maximum atomic E-state index is 11.2. The van der Waals surface area contributed by atoms with E-state index >= 15 is 0 Å². The first-order chi connectivity index (χ1) is 8.42. The molecule has 0 saturated carbocycles. The minimum absolute atomic E-state index is 0.312. The van der Waals surface area contributed by atoms with Crippen LogP contribution >= 0.6 is 22.3 Å². The van der Waals surface area contributed by atoms with E-state index in [2.05, 4.69) is 0 Å². The molecule has 0 saturated heterocycles. The zero-order valence-electron chi connectivity index (χ0n) is 9.70. The van der Waals surface area contributed by atoms with Crippen LogP contribution in [0.2, 0.25) is 5.02 Å². The number of halogens is 2. The van der Waals surface area contributed by atoms with Gasteiger partial charge in [0.2, 0.25) is 9.05 Å². The van der Waals surface area contributed by atoms with Crippen LogP contribution < -0.4 is 9.47 Å². The highest BCUT2D eigenvalue weighted by Crippen LogP contribution is 2.41. The van der Waals surface area contributed by atoms with Crippen LogP contribution in [0.15, 0.2) is 6.07 Å². The second-order valence-electron chi connectivity index (χ2n) is 3.88. The molecule has 0 aromatic heterocycles. The summed E-state index contributed by atoms with van der Waals surface area (Å²) in [6, 6.07) is 1.58. The highest BCUT2D eigenvalue weighted by atomic mass is 35.7. The smallest absolute Gasteiger partial charge is 0.236 e. The monoisotopic (exact) mass is 310 g/mol. The van der Waals surface area contributed by atoms with E-state index < -0.39 is 9.05 Å². The van der Waals surface area contributed by atoms with Crippen molar-refractivity contribution < 1.29 is 17.9 Å². The van der Waals surface area contributed by atoms with E-state index in [4.69, 9.17) is 31.8 Å². The molecule has 7 heteroatoms. The van der Waals surface area contributed by atoms with Crippen LogP contribution in [0.4, 0.5) is 0 Å². The molecule has 1 aliphatic heterocycles. The summed E-state index contributed by atoms with van der Waals surface area (Å²) < 4.78 is 33.4. The van der Waals surface area contributed by atoms with E-state index in [1.54, 1.807) is 6.07 Å². The molecule has 1 aromatic rings. The summed E-state index contributed by atoms with van der Waals surface area (Å²) in [7, 11) is 1.63. The van der Waals surface area contributed by atoms with Crippen molar-refractivity contribution in [1.29, 1.82) is 0 Å². The van der Waals surface area contributed by atoms with Gasteiger partial charge in [0.05, 0.1) is 5.75 Å². The van der Waals surface area contributed by atoms with Gasteiger partial charge < -0.3 is 9.47 Å². The Morgan fingerprint density at radius 3 is 2.56 bits per heavy atom. The Morgan fingerprint density at radius 2 is 1.94 bits per heavy atom. The molecule has 0 aliphatic carbocycles. The third kappa shape index (κ3) is 2.84. The molecule has 0 bridgehead atoms. The molecule has 0 spiro atoms. The van der Waals surface area contributed by atoms with E-state index in [1.807, 2.05) is 6.92 Å². The molecule has 4 nitrogen and oxygen atoms in total. The van der Waals surface area contributed by atoms with Gasteiger partial charge in [0, 0.05) is 27.3 Å². The van der Waals surface area contributed by atoms with Gasteiger partial charge in [-0.15, -0.1) is 0 Å². The number of hydrogen-bond acceptors (Lipinski definition) is 4. The average Bonchev–Trinajstić information content (AvgIpc) is 2.28. The summed E-state index contributed by atoms with van der Waals surface area (Å²) in [4.78, 5) is 0. The predicted octanol–water partition coefficient (Wildman–Crippen LogP) is 2.74. The van der Waals surface area contributed by atoms with E-state index in [0.29, 0.717) is 41.7 Å². The molecular formula is C11H12Cl2O4S. The number of fused-ring (bicyclic) bond motifs is 1. The SMILES string of the molecule is CCc1c(CS(=O)(=O)Cl)c(Cl)cc2c1OCCO2. The number of benzene rings is 1. The highest BCUT2D eigenvalue weighted by Gasteiger charge is 2.23. The lowest BCUT2D eigenvalue weighted by Gasteiger charge is -2.23. The van der Waals surface area contributed by atoms with Crippen LogP contribution in [0.5, 0.6) is 11.5 Å². The van der Waals surface area contributed by atoms with Crippen molar-refractivity contribution in [2.24, 2.45) is 0 Å². The normalized spacial score (nSPS) is 14.6. The molecule has 1 aromatic carbocycles. The minimum atomic E-state index is -3.67. The molecule has 18 heavy (non-hydrogen) atoms. The van der Waals surface area contributed by atoms with Crippen LogP contribution in [-0.4, -0.2) is 21.6 Å². The Balaban J connectivity index is 2.58. The highest BCUT2D eigenvalue weighted by molar-refractivity contribution is 8.13. The summed E-state index contributed by atoms with van der Waals surface area (Å²) in [5.41, 5.74) is 1.22. The van der Waals surface area contributed by atoms with Crippen LogP contribution in [0, 0.1) is 0 Å². The van der Waals surface area contributed by atoms with Crippen LogP contribution in [0.3, 0.4) is 0 Å². The molecule has 0 fully saturated rings. The zero-order chi connectivity index (χ0) is 13.3. The summed E-state index contributed by atoms with van der Waals surface area (Å²) in [6.45, 7) is 2.79. The van der Waals surface area contributed by atoms with E-state index in [0.717, 1.165) is 5.56 Å². The maximum absolute atomic E-state index is 11.2. The Kier molecular flexibility index (Phi) is 3.94. The second-order valence-corrected chi connectivity index (χ2v) is 7.06. The predicted molar refractivity (Wildman–Crippen MR) is 70.3 cm³/mol. The molecule has 0 unspecified atom stereocenters. The van der Waals surface area contributed by atoms with Crippen LogP contribution in [-0.2, 0) is 21.2 Å². The first-order valence-electron chi connectivity index (χ1n) is 5.44. The molecular weight excluding hydrogens is 299 g/mol. The Bertz CT molecular complexity index is 569. The number of ether oxygens (including phenoxy) is 2. The van der Waals surface area contributed by atoms with E-state index in [-0.39, 0.29) is 5.75 Å². The molecule has 1 aliphatic rings. The van der Waals surface area contributed by atoms with Gasteiger partial charge in [0.1, 0.15) is 13.2 Å². The van der Waals surface area contributed by atoms with Crippen molar-refractivity contribution in [1.82, 2.24) is 0 Å². The Hall–Kier alpha value is -0.650. The molecule has 0 amide bonds. The van der Waals surface area contributed by atoms with Crippen LogP contribution in [0.25, 0.3) is 0 Å². The largest absolute Gasteiger partial charge is 0.486 e. The maximum Gasteiger partial charge on any atom is 0.236 e. The summed E-state index contributed by atoms with van der Waals surface area (Å²) >= 11 is 6.09. The Labute approximate surface area is 115 Å². The van der Waals surface area contributed by atoms with Gasteiger partial charge in [-0.2, -0.15) is 0 Å². The molecule has 100 valence electrons. The quantitative estimate of drug-likeness (QED) is 0.806. The fourth-order valence-corrected chi connectivity index (χ4v) is 3.32. The van der Waals surface area contributed by atoms with E-state index in [1.165, 1.54) is 0 Å². The zero-order valence-corrected chi connectivity index (χ0v) is 12.0. The van der Waals surface area contributed by atoms with Gasteiger partial charge in [0.15, 0.2) is 11.5 Å². The first kappa shape index (κ1) is 13.8. The molecule has 0 atom stereocenters. The van der Waals surface area contributed by atoms with Gasteiger partial charge in [-0.25, -0.2) is 8.42 Å². The Morgan fingerprint density at radius 1 is 1.28 bits per heavy atom. The summed E-state index contributed by atoms with van der Waals surface area (Å²) in [5.74, 6) is 0.815. The lowest BCUT2D eigenvalue weighted by Crippen LogP contribution is -2.17. The number of rotatable bonds is 3. The van der Waals surface area contributed by atoms with Crippen molar-refractivity contribution in [3.63, 3.8) is 0 Å². The minimum Gasteiger partial charge on any atom is -0.486 e. The van der Waals surface area contributed by atoms with Gasteiger partial charge in [-0.05, 0) is 12.0 Å². The molecule has 0 N–H and O–H groups in total. The topological polar surface area (TPSA) is 52.6 Å². The van der Waals surface area contributed by atoms with Crippen molar-refractivity contribution >= 4 is 31.3 Å². The van der Waals surface area contributed by atoms with Gasteiger partial charge in [0.25, 0.3) is 0 Å². The fraction of sp³-hybridized carbons (Fsp3) is 0.455. The van der Waals surface area contributed by atoms with Crippen molar-refractivity contribution in [3.8, 4) is 11.5 Å². The van der Waals surface area contributed by atoms with Crippen molar-refractivity contribution in [3.05, 3.63) is 22.2 Å². The molecule has 0 radical (unpaired) electrons. The third-order valence-electron chi connectivity index (χ3n) is 2.67. The molecule has 1 heterocycles. The van der Waals surface area contributed by atoms with Gasteiger partial charge in [-0.3, -0.25) is 0 Å². The average molecular weight is 311 g/mol. The standard InChI is InChI=1S/C11H12Cl2O4S/c1-2-7-8(6-18(13,14)15)9(12)5-10-11(7)17-4-3-16-10/h5H,2-4,6H2,1H3. The lowest BCUT2D eigenvalue weighted by atomic mass is 10.0. The van der Waals surface area contributed by atoms with Gasteiger partial charge in [-0.1, -0.05) is 18.5 Å². The van der Waals surface area contributed by atoms with Crippen molar-refractivity contribution in [2.45, 2.75) is 19.1 Å². The van der Waals surface area contributed by atoms with E-state index in [9.17, 15) is 8.42 Å². The van der Waals surface area contributed by atoms with Crippen molar-refractivity contribution in [2.75, 3.05) is 13.2 Å². The molecule has 2 rings (SSSR count).